The molecule has 0 saturated carbocycles. The largest absolute Gasteiger partial charge is 0.346 e. The van der Waals surface area contributed by atoms with Crippen LogP contribution in [0.25, 0.3) is 0 Å². The Hall–Kier alpha value is -2.48. The lowest BCUT2D eigenvalue weighted by Crippen LogP contribution is -2.19. The van der Waals surface area contributed by atoms with Crippen LogP contribution in [0.5, 0.6) is 0 Å². The van der Waals surface area contributed by atoms with Gasteiger partial charge in [0.15, 0.2) is 0 Å². The molecule has 3 rings (SSSR count). The molecule has 20 heavy (non-hydrogen) atoms. The number of thiophene rings is 1. The summed E-state index contributed by atoms with van der Waals surface area (Å²) >= 11 is 1.61. The van der Waals surface area contributed by atoms with E-state index in [9.17, 15) is 4.79 Å². The molecule has 0 aliphatic heterocycles. The smallest absolute Gasteiger partial charge is 0.269 e. The predicted octanol–water partition coefficient (Wildman–Crippen LogP) is 1.68. The zero-order valence-corrected chi connectivity index (χ0v) is 11.2. The van der Waals surface area contributed by atoms with E-state index >= 15 is 0 Å². The molecule has 3 aromatic rings. The van der Waals surface area contributed by atoms with Gasteiger partial charge in [0.25, 0.3) is 5.95 Å². The molecule has 8 heteroatoms. The highest BCUT2D eigenvalue weighted by Gasteiger charge is 2.18. The third-order valence-electron chi connectivity index (χ3n) is 2.89. The average Bonchev–Trinajstić information content (AvgIpc) is 3.18. The molecule has 7 nitrogen and oxygen atoms in total. The molecule has 3 aromatic heterocycles. The summed E-state index contributed by atoms with van der Waals surface area (Å²) in [5.41, 5.74) is 1.11. The maximum absolute atomic E-state index is 12.1. The molecule has 0 aliphatic carbocycles. The Labute approximate surface area is 118 Å². The van der Waals surface area contributed by atoms with Gasteiger partial charge in [-0.1, -0.05) is 5.10 Å². The van der Waals surface area contributed by atoms with Gasteiger partial charge in [0.1, 0.15) is 0 Å². The van der Waals surface area contributed by atoms with Crippen molar-refractivity contribution in [2.24, 2.45) is 0 Å². The molecule has 0 fully saturated rings. The topological polar surface area (TPSA) is 88.5 Å². The Morgan fingerprint density at radius 1 is 1.45 bits per heavy atom. The molecular formula is C12H12N6OS. The van der Waals surface area contributed by atoms with Gasteiger partial charge in [0.2, 0.25) is 5.91 Å². The normalized spacial score (nSPS) is 12.2. The summed E-state index contributed by atoms with van der Waals surface area (Å²) in [4.78, 5) is 12.1. The van der Waals surface area contributed by atoms with E-state index in [0.29, 0.717) is 6.42 Å². The van der Waals surface area contributed by atoms with E-state index in [2.05, 4.69) is 25.9 Å². The summed E-state index contributed by atoms with van der Waals surface area (Å²) < 4.78 is 2.01. The number of hydrogen-bond donors (Lipinski definition) is 2. The summed E-state index contributed by atoms with van der Waals surface area (Å²) in [6, 6.07) is 5.87. The van der Waals surface area contributed by atoms with Crippen LogP contribution in [0.2, 0.25) is 0 Å². The van der Waals surface area contributed by atoms with Crippen molar-refractivity contribution in [3.05, 3.63) is 46.9 Å². The number of tetrazole rings is 1. The van der Waals surface area contributed by atoms with Crippen molar-refractivity contribution in [2.75, 3.05) is 5.32 Å². The third-order valence-corrected chi connectivity index (χ3v) is 3.59. The maximum atomic E-state index is 12.1. The molecule has 102 valence electrons. The van der Waals surface area contributed by atoms with Crippen molar-refractivity contribution in [3.63, 3.8) is 0 Å². The number of nitrogens with zero attached hydrogens (tertiary/aromatic N) is 4. The quantitative estimate of drug-likeness (QED) is 0.747. The average molecular weight is 288 g/mol. The van der Waals surface area contributed by atoms with Gasteiger partial charge in [-0.15, -0.1) is 5.10 Å². The standard InChI is InChI=1S/C12H12N6OS/c19-11(13-12-14-16-17-15-12)7-10(9-3-6-20-8-9)18-4-1-2-5-18/h1-6,8,10H,7H2,(H2,13,14,15,16,17,19)/t10-/m1/s1. The minimum atomic E-state index is -0.156. The summed E-state index contributed by atoms with van der Waals surface area (Å²) in [6.07, 6.45) is 4.20. The number of carbonyl (C=O) groups is 1. The number of rotatable bonds is 5. The van der Waals surface area contributed by atoms with Crippen LogP contribution >= 0.6 is 11.3 Å². The van der Waals surface area contributed by atoms with Crippen LogP contribution in [0.1, 0.15) is 18.0 Å². The van der Waals surface area contributed by atoms with Crippen LogP contribution in [0, 0.1) is 0 Å². The second-order valence-electron chi connectivity index (χ2n) is 4.19. The van der Waals surface area contributed by atoms with Gasteiger partial charge < -0.3 is 4.57 Å². The molecule has 2 N–H and O–H groups in total. The fourth-order valence-corrected chi connectivity index (χ4v) is 2.69. The molecule has 0 bridgehead atoms. The van der Waals surface area contributed by atoms with E-state index in [1.54, 1.807) is 11.3 Å². The lowest BCUT2D eigenvalue weighted by molar-refractivity contribution is -0.116. The van der Waals surface area contributed by atoms with Crippen molar-refractivity contribution in [2.45, 2.75) is 12.5 Å². The van der Waals surface area contributed by atoms with Crippen molar-refractivity contribution < 1.29 is 4.79 Å². The minimum absolute atomic E-state index is 0.0387. The van der Waals surface area contributed by atoms with Crippen molar-refractivity contribution in [1.82, 2.24) is 25.2 Å². The second-order valence-corrected chi connectivity index (χ2v) is 4.97. The first-order chi connectivity index (χ1) is 9.83. The summed E-state index contributed by atoms with van der Waals surface area (Å²) in [7, 11) is 0. The monoisotopic (exact) mass is 288 g/mol. The summed E-state index contributed by atoms with van der Waals surface area (Å²) in [6.45, 7) is 0. The Bertz CT molecular complexity index is 612. The van der Waals surface area contributed by atoms with Gasteiger partial charge in [0, 0.05) is 12.4 Å². The van der Waals surface area contributed by atoms with Crippen molar-refractivity contribution >= 4 is 23.2 Å². The van der Waals surface area contributed by atoms with E-state index in [-0.39, 0.29) is 17.9 Å². The molecule has 0 aromatic carbocycles. The number of aromatic nitrogens is 5. The fourth-order valence-electron chi connectivity index (χ4n) is 1.98. The van der Waals surface area contributed by atoms with Crippen LogP contribution < -0.4 is 5.32 Å². The highest BCUT2D eigenvalue weighted by Crippen LogP contribution is 2.24. The molecule has 0 saturated heterocycles. The number of carbonyl (C=O) groups excluding carboxylic acids is 1. The minimum Gasteiger partial charge on any atom is -0.346 e. The SMILES string of the molecule is O=C(C[C@H](c1ccsc1)n1cccc1)Nc1nn[nH]n1. The molecular weight excluding hydrogens is 276 g/mol. The number of anilines is 1. The molecule has 1 amide bonds. The van der Waals surface area contributed by atoms with Gasteiger partial charge in [-0.05, 0) is 39.7 Å². The van der Waals surface area contributed by atoms with Crippen LogP contribution in [-0.4, -0.2) is 31.1 Å². The third kappa shape index (κ3) is 2.75. The molecule has 0 spiro atoms. The van der Waals surface area contributed by atoms with Crippen molar-refractivity contribution in [3.8, 4) is 0 Å². The Kier molecular flexibility index (Phi) is 3.55. The number of amides is 1. The van der Waals surface area contributed by atoms with Crippen LogP contribution in [0.15, 0.2) is 41.4 Å². The number of nitrogens with one attached hydrogen (secondary N) is 2. The predicted molar refractivity (Wildman–Crippen MR) is 74.3 cm³/mol. The lowest BCUT2D eigenvalue weighted by Gasteiger charge is -2.17. The highest BCUT2D eigenvalue weighted by molar-refractivity contribution is 7.07. The summed E-state index contributed by atoms with van der Waals surface area (Å²) in [5.74, 6) is 0.0304. The van der Waals surface area contributed by atoms with E-state index < -0.39 is 0 Å². The summed E-state index contributed by atoms with van der Waals surface area (Å²) in [5, 5.41) is 19.8. The van der Waals surface area contributed by atoms with Crippen LogP contribution in [-0.2, 0) is 4.79 Å². The number of aromatic amines is 1. The maximum Gasteiger partial charge on any atom is 0.269 e. The Morgan fingerprint density at radius 3 is 2.95 bits per heavy atom. The van der Waals surface area contributed by atoms with E-state index in [0.717, 1.165) is 5.56 Å². The van der Waals surface area contributed by atoms with E-state index in [1.807, 2.05) is 45.9 Å². The second kappa shape index (κ2) is 5.66. The van der Waals surface area contributed by atoms with Gasteiger partial charge in [0.05, 0.1) is 12.5 Å². The molecule has 0 radical (unpaired) electrons. The molecule has 1 atom stereocenters. The lowest BCUT2D eigenvalue weighted by atomic mass is 10.1. The Balaban J connectivity index is 1.75. The molecule has 3 heterocycles. The van der Waals surface area contributed by atoms with Crippen LogP contribution in [0.3, 0.4) is 0 Å². The van der Waals surface area contributed by atoms with Gasteiger partial charge >= 0.3 is 0 Å². The van der Waals surface area contributed by atoms with Crippen molar-refractivity contribution in [1.29, 1.82) is 0 Å². The molecule has 0 aliphatic rings. The first kappa shape index (κ1) is 12.5. The first-order valence-corrected chi connectivity index (χ1v) is 6.95. The van der Waals surface area contributed by atoms with E-state index in [4.69, 9.17) is 0 Å². The number of H-pyrrole nitrogens is 1. The van der Waals surface area contributed by atoms with Gasteiger partial charge in [-0.25, -0.2) is 0 Å². The first-order valence-electron chi connectivity index (χ1n) is 6.01. The van der Waals surface area contributed by atoms with Crippen LogP contribution in [0.4, 0.5) is 5.95 Å². The Morgan fingerprint density at radius 2 is 2.30 bits per heavy atom. The van der Waals surface area contributed by atoms with Gasteiger partial charge in [-0.3, -0.25) is 10.1 Å². The fraction of sp³-hybridized carbons (Fsp3) is 0.167. The zero-order chi connectivity index (χ0) is 13.8. The highest BCUT2D eigenvalue weighted by atomic mass is 32.1. The van der Waals surface area contributed by atoms with Gasteiger partial charge in [-0.2, -0.15) is 16.6 Å². The number of hydrogen-bond acceptors (Lipinski definition) is 5. The van der Waals surface area contributed by atoms with E-state index in [1.165, 1.54) is 0 Å². The zero-order valence-electron chi connectivity index (χ0n) is 10.4. The molecule has 0 unspecified atom stereocenters.